The number of hydrogen-bond acceptors (Lipinski definition) is 7. The smallest absolute Gasteiger partial charge is 0.223 e. The second-order valence-electron chi connectivity index (χ2n) is 6.83. The fraction of sp³-hybridized carbons (Fsp3) is 0.368. The summed E-state index contributed by atoms with van der Waals surface area (Å²) in [6.45, 7) is 3.81. The van der Waals surface area contributed by atoms with E-state index in [0.29, 0.717) is 5.02 Å². The van der Waals surface area contributed by atoms with Crippen LogP contribution < -0.4 is 10.7 Å². The molecular formula is C19H21ClN6S. The molecule has 140 valence electrons. The number of fused-ring (bicyclic) bond motifs is 3. The summed E-state index contributed by atoms with van der Waals surface area (Å²) in [7, 11) is 0. The topological polar surface area (TPSA) is 55.3 Å². The molecule has 4 heterocycles. The number of guanidine groups is 1. The van der Waals surface area contributed by atoms with Crippen molar-refractivity contribution in [1.29, 1.82) is 0 Å². The zero-order valence-electron chi connectivity index (χ0n) is 14.9. The molecule has 8 heteroatoms. The number of hydrogen-bond donors (Lipinski definition) is 2. The molecule has 0 aliphatic carbocycles. The number of nitrogens with one attached hydrogen (secondary N) is 2. The monoisotopic (exact) mass is 400 g/mol. The quantitative estimate of drug-likeness (QED) is 0.799. The van der Waals surface area contributed by atoms with Crippen molar-refractivity contribution < 1.29 is 0 Å². The predicted octanol–water partition coefficient (Wildman–Crippen LogP) is 3.04. The van der Waals surface area contributed by atoms with E-state index < -0.39 is 0 Å². The molecule has 27 heavy (non-hydrogen) atoms. The number of piperazine rings is 1. The van der Waals surface area contributed by atoms with E-state index in [1.807, 2.05) is 30.0 Å². The lowest BCUT2D eigenvalue weighted by Gasteiger charge is -2.39. The first kappa shape index (κ1) is 17.2. The summed E-state index contributed by atoms with van der Waals surface area (Å²) in [5.41, 5.74) is 5.52. The van der Waals surface area contributed by atoms with Gasteiger partial charge in [-0.05, 0) is 23.1 Å². The van der Waals surface area contributed by atoms with Crippen molar-refractivity contribution >= 4 is 40.8 Å². The summed E-state index contributed by atoms with van der Waals surface area (Å²) in [5, 5.41) is 6.22. The summed E-state index contributed by atoms with van der Waals surface area (Å²) >= 11 is 8.13. The van der Waals surface area contributed by atoms with Crippen LogP contribution >= 0.6 is 23.4 Å². The second-order valence-corrected chi connectivity index (χ2v) is 8.41. The number of hydrazine groups is 1. The van der Waals surface area contributed by atoms with E-state index in [0.717, 1.165) is 61.4 Å². The number of aliphatic imine (C=N–C) groups is 2. The molecule has 0 amide bonds. The number of halogens is 1. The van der Waals surface area contributed by atoms with E-state index in [2.05, 4.69) is 38.9 Å². The molecule has 1 unspecified atom stereocenters. The summed E-state index contributed by atoms with van der Waals surface area (Å²) in [6, 6.07) is 5.88. The molecule has 4 aliphatic rings. The van der Waals surface area contributed by atoms with Gasteiger partial charge in [0.15, 0.2) is 6.17 Å². The van der Waals surface area contributed by atoms with E-state index >= 15 is 0 Å². The highest BCUT2D eigenvalue weighted by Gasteiger charge is 2.38. The van der Waals surface area contributed by atoms with Gasteiger partial charge in [0, 0.05) is 48.9 Å². The van der Waals surface area contributed by atoms with E-state index in [4.69, 9.17) is 21.6 Å². The standard InChI is InChI=1S/C19H21ClN6S/c20-13-4-5-16-15(11-13)18-23-17(12-14-3-1-2-10-27-14)24-26(18)19(22-16)25-8-6-21-7-9-25/h1-5,11,18,21H,6-10,12H2,(H,23,24). The van der Waals surface area contributed by atoms with Crippen molar-refractivity contribution in [1.82, 2.24) is 20.7 Å². The van der Waals surface area contributed by atoms with Crippen molar-refractivity contribution in [2.24, 2.45) is 9.98 Å². The highest BCUT2D eigenvalue weighted by atomic mass is 35.5. The van der Waals surface area contributed by atoms with Gasteiger partial charge in [-0.3, -0.25) is 5.43 Å². The predicted molar refractivity (Wildman–Crippen MR) is 112 cm³/mol. The Morgan fingerprint density at radius 2 is 2.15 bits per heavy atom. The van der Waals surface area contributed by atoms with Gasteiger partial charge >= 0.3 is 0 Å². The van der Waals surface area contributed by atoms with Crippen LogP contribution in [-0.4, -0.2) is 53.6 Å². The van der Waals surface area contributed by atoms with Crippen LogP contribution in [0, 0.1) is 0 Å². The lowest BCUT2D eigenvalue weighted by Crippen LogP contribution is -2.56. The molecule has 1 fully saturated rings. The molecule has 1 atom stereocenters. The van der Waals surface area contributed by atoms with Crippen LogP contribution in [0.1, 0.15) is 18.2 Å². The van der Waals surface area contributed by atoms with E-state index in [-0.39, 0.29) is 6.17 Å². The van der Waals surface area contributed by atoms with Gasteiger partial charge < -0.3 is 10.2 Å². The van der Waals surface area contributed by atoms with Crippen LogP contribution in [0.4, 0.5) is 5.69 Å². The Kier molecular flexibility index (Phi) is 4.59. The first-order valence-electron chi connectivity index (χ1n) is 9.23. The maximum Gasteiger partial charge on any atom is 0.223 e. The van der Waals surface area contributed by atoms with Crippen LogP contribution in [0.2, 0.25) is 5.02 Å². The third kappa shape index (κ3) is 3.35. The lowest BCUT2D eigenvalue weighted by molar-refractivity contribution is 0.239. The van der Waals surface area contributed by atoms with Crippen LogP contribution in [-0.2, 0) is 0 Å². The van der Waals surface area contributed by atoms with Gasteiger partial charge in [0.05, 0.1) is 5.69 Å². The number of benzene rings is 1. The van der Waals surface area contributed by atoms with Gasteiger partial charge in [0.2, 0.25) is 5.96 Å². The molecule has 0 aromatic heterocycles. The number of amidine groups is 1. The molecule has 4 aliphatic heterocycles. The fourth-order valence-electron chi connectivity index (χ4n) is 3.68. The summed E-state index contributed by atoms with van der Waals surface area (Å²) in [5.74, 6) is 2.95. The van der Waals surface area contributed by atoms with Crippen molar-refractivity contribution in [3.8, 4) is 0 Å². The Balaban J connectivity index is 1.48. The minimum Gasteiger partial charge on any atom is -0.338 e. The number of allylic oxidation sites excluding steroid dienone is 2. The number of nitrogens with zero attached hydrogens (tertiary/aromatic N) is 4. The highest BCUT2D eigenvalue weighted by molar-refractivity contribution is 8.03. The molecule has 5 rings (SSSR count). The zero-order valence-corrected chi connectivity index (χ0v) is 16.4. The van der Waals surface area contributed by atoms with E-state index in [1.165, 1.54) is 4.91 Å². The summed E-state index contributed by atoms with van der Waals surface area (Å²) in [6.07, 6.45) is 7.16. The van der Waals surface area contributed by atoms with Crippen molar-refractivity contribution in [2.75, 3.05) is 31.9 Å². The first-order valence-corrected chi connectivity index (χ1v) is 10.6. The van der Waals surface area contributed by atoms with Crippen LogP contribution in [0.3, 0.4) is 0 Å². The van der Waals surface area contributed by atoms with Crippen molar-refractivity contribution in [3.05, 3.63) is 51.9 Å². The minimum absolute atomic E-state index is 0.124. The molecule has 1 aromatic rings. The Morgan fingerprint density at radius 1 is 1.26 bits per heavy atom. The fourth-order valence-corrected chi connectivity index (χ4v) is 4.70. The number of thioether (sulfide) groups is 1. The molecule has 1 saturated heterocycles. The number of rotatable bonds is 2. The minimum atomic E-state index is -0.124. The van der Waals surface area contributed by atoms with E-state index in [9.17, 15) is 0 Å². The second kappa shape index (κ2) is 7.22. The van der Waals surface area contributed by atoms with Crippen LogP contribution in [0.15, 0.2) is 51.3 Å². The Morgan fingerprint density at radius 3 is 2.96 bits per heavy atom. The summed E-state index contributed by atoms with van der Waals surface area (Å²) < 4.78 is 0. The lowest BCUT2D eigenvalue weighted by atomic mass is 10.1. The molecule has 0 radical (unpaired) electrons. The third-order valence-corrected chi connectivity index (χ3v) is 6.25. The van der Waals surface area contributed by atoms with Gasteiger partial charge in [-0.2, -0.15) is 0 Å². The van der Waals surface area contributed by atoms with Gasteiger partial charge in [-0.1, -0.05) is 29.8 Å². The highest BCUT2D eigenvalue weighted by Crippen LogP contribution is 2.39. The van der Waals surface area contributed by atoms with Crippen molar-refractivity contribution in [2.45, 2.75) is 12.6 Å². The van der Waals surface area contributed by atoms with Crippen LogP contribution in [0.25, 0.3) is 0 Å². The van der Waals surface area contributed by atoms with Crippen molar-refractivity contribution in [3.63, 3.8) is 0 Å². The van der Waals surface area contributed by atoms with E-state index in [1.54, 1.807) is 0 Å². The Labute approximate surface area is 168 Å². The van der Waals surface area contributed by atoms with Gasteiger partial charge in [-0.25, -0.2) is 15.0 Å². The average molecular weight is 401 g/mol. The molecule has 0 saturated carbocycles. The maximum atomic E-state index is 6.27. The molecule has 0 spiro atoms. The maximum absolute atomic E-state index is 6.27. The first-order chi connectivity index (χ1) is 13.3. The molecular weight excluding hydrogens is 380 g/mol. The normalized spacial score (nSPS) is 23.9. The molecule has 6 nitrogen and oxygen atoms in total. The third-order valence-electron chi connectivity index (χ3n) is 5.00. The van der Waals surface area contributed by atoms with Gasteiger partial charge in [0.25, 0.3) is 0 Å². The summed E-state index contributed by atoms with van der Waals surface area (Å²) in [4.78, 5) is 13.6. The Bertz CT molecular complexity index is 871. The SMILES string of the molecule is Clc1ccc2c(c1)C1N=C(CC3=CC=CCS3)NN1C(N1CCNCC1)=N2. The van der Waals surface area contributed by atoms with Crippen LogP contribution in [0.5, 0.6) is 0 Å². The van der Waals surface area contributed by atoms with Gasteiger partial charge in [-0.15, -0.1) is 11.8 Å². The average Bonchev–Trinajstić information content (AvgIpc) is 3.13. The zero-order chi connectivity index (χ0) is 18.2. The molecule has 2 N–H and O–H groups in total. The molecule has 0 bridgehead atoms. The largest absolute Gasteiger partial charge is 0.338 e. The van der Waals surface area contributed by atoms with Gasteiger partial charge in [0.1, 0.15) is 5.84 Å². The Hall–Kier alpha value is -1.96. The molecule has 1 aromatic carbocycles.